The number of aliphatic imine (C=N–C) groups is 1. The molecule has 0 bridgehead atoms. The zero-order valence-corrected chi connectivity index (χ0v) is 18.7. The van der Waals surface area contributed by atoms with Gasteiger partial charge in [-0.15, -0.1) is 34.2 Å². The topological polar surface area (TPSA) is 70.4 Å². The number of aromatic nitrogens is 3. The van der Waals surface area contributed by atoms with Crippen LogP contribution in [0.15, 0.2) is 17.6 Å². The molecule has 0 amide bonds. The number of likely N-dealkylation sites (tertiary alicyclic amines) is 1. The second-order valence-corrected chi connectivity index (χ2v) is 6.97. The first-order valence-electron chi connectivity index (χ1n) is 9.85. The van der Waals surface area contributed by atoms with Crippen molar-refractivity contribution in [3.8, 4) is 0 Å². The summed E-state index contributed by atoms with van der Waals surface area (Å²) in [6.07, 6.45) is 9.58. The number of piperidine rings is 1. The van der Waals surface area contributed by atoms with Gasteiger partial charge in [0.2, 0.25) is 0 Å². The van der Waals surface area contributed by atoms with Gasteiger partial charge in [0.05, 0.1) is 0 Å². The third-order valence-corrected chi connectivity index (χ3v) is 4.72. The molecule has 0 radical (unpaired) electrons. The zero-order valence-electron chi connectivity index (χ0n) is 16.4. The van der Waals surface area contributed by atoms with Crippen LogP contribution in [0.5, 0.6) is 0 Å². The van der Waals surface area contributed by atoms with Gasteiger partial charge in [-0.3, -0.25) is 4.99 Å². The van der Waals surface area contributed by atoms with Crippen LogP contribution in [-0.4, -0.2) is 64.9 Å². The monoisotopic (exact) mass is 477 g/mol. The van der Waals surface area contributed by atoms with E-state index >= 15 is 0 Å². The fourth-order valence-corrected chi connectivity index (χ4v) is 3.08. The smallest absolute Gasteiger partial charge is 0.191 e. The molecular formula is C18H36IN7. The van der Waals surface area contributed by atoms with Crippen LogP contribution in [0.4, 0.5) is 0 Å². The van der Waals surface area contributed by atoms with Gasteiger partial charge in [-0.2, -0.15) is 0 Å². The first kappa shape index (κ1) is 23.1. The van der Waals surface area contributed by atoms with Crippen LogP contribution in [0.25, 0.3) is 0 Å². The van der Waals surface area contributed by atoms with Gasteiger partial charge in [0.15, 0.2) is 5.96 Å². The van der Waals surface area contributed by atoms with E-state index in [1.54, 1.807) is 12.7 Å². The summed E-state index contributed by atoms with van der Waals surface area (Å²) in [7, 11) is 0. The van der Waals surface area contributed by atoms with Crippen molar-refractivity contribution in [3.05, 3.63) is 12.7 Å². The summed E-state index contributed by atoms with van der Waals surface area (Å²) < 4.78 is 2.01. The van der Waals surface area contributed by atoms with Crippen LogP contribution in [0, 0.1) is 5.92 Å². The lowest BCUT2D eigenvalue weighted by Gasteiger charge is -2.29. The van der Waals surface area contributed by atoms with Crippen molar-refractivity contribution < 1.29 is 0 Å². The SMILES string of the molecule is CCNC(=NCCCN1CCC(C)CC1)NCCCCn1cnnc1.I. The van der Waals surface area contributed by atoms with Crippen molar-refractivity contribution >= 4 is 29.9 Å². The highest BCUT2D eigenvalue weighted by Gasteiger charge is 2.14. The van der Waals surface area contributed by atoms with Gasteiger partial charge in [0.1, 0.15) is 12.7 Å². The predicted octanol–water partition coefficient (Wildman–Crippen LogP) is 2.35. The molecule has 150 valence electrons. The number of nitrogens with zero attached hydrogens (tertiary/aromatic N) is 5. The molecule has 26 heavy (non-hydrogen) atoms. The molecule has 0 unspecified atom stereocenters. The number of hydrogen-bond acceptors (Lipinski definition) is 4. The molecule has 8 heteroatoms. The highest BCUT2D eigenvalue weighted by atomic mass is 127. The molecule has 0 spiro atoms. The quantitative estimate of drug-likeness (QED) is 0.234. The summed E-state index contributed by atoms with van der Waals surface area (Å²) in [5.41, 5.74) is 0. The summed E-state index contributed by atoms with van der Waals surface area (Å²) in [5.74, 6) is 1.85. The molecule has 2 rings (SSSR count). The third kappa shape index (κ3) is 9.70. The van der Waals surface area contributed by atoms with Crippen molar-refractivity contribution in [3.63, 3.8) is 0 Å². The molecule has 0 atom stereocenters. The van der Waals surface area contributed by atoms with Crippen molar-refractivity contribution in [2.24, 2.45) is 10.9 Å². The molecule has 2 N–H and O–H groups in total. The Labute approximate surface area is 175 Å². The van der Waals surface area contributed by atoms with Crippen LogP contribution < -0.4 is 10.6 Å². The fourth-order valence-electron chi connectivity index (χ4n) is 3.08. The second kappa shape index (κ2) is 14.2. The molecule has 0 aliphatic carbocycles. The molecule has 1 aliphatic heterocycles. The molecule has 1 saturated heterocycles. The lowest BCUT2D eigenvalue weighted by atomic mass is 9.99. The van der Waals surface area contributed by atoms with Crippen molar-refractivity contribution in [1.82, 2.24) is 30.3 Å². The van der Waals surface area contributed by atoms with Crippen LogP contribution in [0.1, 0.15) is 46.0 Å². The summed E-state index contributed by atoms with van der Waals surface area (Å²) >= 11 is 0. The van der Waals surface area contributed by atoms with Crippen LogP contribution in [-0.2, 0) is 6.54 Å². The van der Waals surface area contributed by atoms with Crippen LogP contribution in [0.3, 0.4) is 0 Å². The van der Waals surface area contributed by atoms with E-state index in [4.69, 9.17) is 4.99 Å². The van der Waals surface area contributed by atoms with Gasteiger partial charge in [-0.25, -0.2) is 0 Å². The van der Waals surface area contributed by atoms with Crippen molar-refractivity contribution in [1.29, 1.82) is 0 Å². The third-order valence-electron chi connectivity index (χ3n) is 4.72. The second-order valence-electron chi connectivity index (χ2n) is 6.97. The van der Waals surface area contributed by atoms with E-state index in [1.165, 1.54) is 32.5 Å². The Morgan fingerprint density at radius 2 is 1.81 bits per heavy atom. The van der Waals surface area contributed by atoms with Gasteiger partial charge in [0, 0.05) is 26.2 Å². The number of rotatable bonds is 10. The minimum Gasteiger partial charge on any atom is -0.357 e. The summed E-state index contributed by atoms with van der Waals surface area (Å²) in [4.78, 5) is 7.29. The maximum Gasteiger partial charge on any atom is 0.191 e. The number of guanidine groups is 1. The molecule has 1 aromatic heterocycles. The largest absolute Gasteiger partial charge is 0.357 e. The minimum atomic E-state index is 0. The average Bonchev–Trinajstić information content (AvgIpc) is 3.13. The zero-order chi connectivity index (χ0) is 17.7. The van der Waals surface area contributed by atoms with Crippen LogP contribution >= 0.6 is 24.0 Å². The van der Waals surface area contributed by atoms with E-state index in [1.807, 2.05) is 4.57 Å². The van der Waals surface area contributed by atoms with Gasteiger partial charge in [-0.1, -0.05) is 6.92 Å². The minimum absolute atomic E-state index is 0. The molecule has 7 nitrogen and oxygen atoms in total. The average molecular weight is 477 g/mol. The summed E-state index contributed by atoms with van der Waals surface area (Å²) in [6, 6.07) is 0. The van der Waals surface area contributed by atoms with E-state index in [2.05, 4.69) is 39.6 Å². The van der Waals surface area contributed by atoms with E-state index in [9.17, 15) is 0 Å². The van der Waals surface area contributed by atoms with Gasteiger partial charge < -0.3 is 20.1 Å². The van der Waals surface area contributed by atoms with E-state index in [-0.39, 0.29) is 24.0 Å². The highest BCUT2D eigenvalue weighted by molar-refractivity contribution is 14.0. The van der Waals surface area contributed by atoms with E-state index in [0.29, 0.717) is 0 Å². The normalized spacial score (nSPS) is 16.3. The van der Waals surface area contributed by atoms with Gasteiger partial charge in [-0.05, 0) is 64.6 Å². The Morgan fingerprint density at radius 1 is 1.08 bits per heavy atom. The Balaban J connectivity index is 0.00000338. The molecule has 0 saturated carbocycles. The van der Waals surface area contributed by atoms with Crippen molar-refractivity contribution in [2.45, 2.75) is 52.5 Å². The van der Waals surface area contributed by atoms with Crippen molar-refractivity contribution in [2.75, 3.05) is 39.3 Å². The number of aryl methyl sites for hydroxylation is 1. The molecular weight excluding hydrogens is 441 g/mol. The van der Waals surface area contributed by atoms with Gasteiger partial charge >= 0.3 is 0 Å². The number of hydrogen-bond donors (Lipinski definition) is 2. The van der Waals surface area contributed by atoms with E-state index < -0.39 is 0 Å². The Bertz CT molecular complexity index is 470. The molecule has 1 aliphatic rings. The highest BCUT2D eigenvalue weighted by Crippen LogP contribution is 2.15. The summed E-state index contributed by atoms with van der Waals surface area (Å²) in [6.45, 7) is 11.9. The first-order valence-corrected chi connectivity index (χ1v) is 9.85. The molecule has 0 aromatic carbocycles. The van der Waals surface area contributed by atoms with E-state index in [0.717, 1.165) is 57.3 Å². The van der Waals surface area contributed by atoms with Gasteiger partial charge in [0.25, 0.3) is 0 Å². The Hall–Kier alpha value is -0.900. The lowest BCUT2D eigenvalue weighted by Crippen LogP contribution is -2.38. The molecule has 2 heterocycles. The first-order chi connectivity index (χ1) is 12.3. The molecule has 1 fully saturated rings. The number of halogens is 1. The maximum absolute atomic E-state index is 4.70. The molecule has 1 aromatic rings. The Morgan fingerprint density at radius 3 is 2.50 bits per heavy atom. The standard InChI is InChI=1S/C18H35N7.HI/c1-3-19-18(20-9-4-5-11-25-15-22-23-16-25)21-10-6-12-24-13-7-17(2)8-14-24;/h15-17H,3-14H2,1-2H3,(H2,19,20,21);1H. The Kier molecular flexibility index (Phi) is 12.6. The van der Waals surface area contributed by atoms with Crippen LogP contribution in [0.2, 0.25) is 0 Å². The fraction of sp³-hybridized carbons (Fsp3) is 0.833. The summed E-state index contributed by atoms with van der Waals surface area (Å²) in [5, 5.41) is 14.4. The number of nitrogens with one attached hydrogen (secondary N) is 2. The predicted molar refractivity (Wildman–Crippen MR) is 118 cm³/mol. The lowest BCUT2D eigenvalue weighted by molar-refractivity contribution is 0.192. The number of unbranched alkanes of at least 4 members (excludes halogenated alkanes) is 1. The maximum atomic E-state index is 4.70.